The lowest BCUT2D eigenvalue weighted by Gasteiger charge is -2.23. The minimum absolute atomic E-state index is 0.368. The third-order valence-corrected chi connectivity index (χ3v) is 1.91. The molecule has 0 saturated carbocycles. The number of aliphatic hydroxyl groups is 1. The van der Waals surface area contributed by atoms with Crippen LogP contribution in [0.3, 0.4) is 0 Å². The normalized spacial score (nSPS) is 14.8. The topological polar surface area (TPSA) is 65.0 Å². The molecule has 1 atom stereocenters. The van der Waals surface area contributed by atoms with Crippen LogP contribution < -0.4 is 0 Å². The fraction of sp³-hybridized carbons (Fsp3) is 0.727. The summed E-state index contributed by atoms with van der Waals surface area (Å²) in [7, 11) is 0. The number of allylic oxidation sites excluding steroid dienone is 1. The van der Waals surface area contributed by atoms with Crippen LogP contribution in [0.2, 0.25) is 0 Å². The maximum Gasteiger partial charge on any atom is 0.371 e. The van der Waals surface area contributed by atoms with E-state index in [9.17, 15) is 9.90 Å². The molecule has 0 aliphatic carbocycles. The zero-order chi connectivity index (χ0) is 12.8. The first-order chi connectivity index (χ1) is 7.28. The van der Waals surface area contributed by atoms with E-state index in [1.54, 1.807) is 40.7 Å². The Morgan fingerprint density at radius 1 is 1.50 bits per heavy atom. The lowest BCUT2D eigenvalue weighted by molar-refractivity contribution is -0.516. The van der Waals surface area contributed by atoms with E-state index in [2.05, 4.69) is 9.93 Å². The van der Waals surface area contributed by atoms with E-state index in [1.165, 1.54) is 0 Å². The number of carbonyl (C=O) groups excluding carboxylic acids is 1. The average molecular weight is 232 g/mol. The predicted octanol–water partition coefficient (Wildman–Crippen LogP) is 1.91. The summed E-state index contributed by atoms with van der Waals surface area (Å²) in [5.74, 6) is -0.602. The van der Waals surface area contributed by atoms with E-state index >= 15 is 0 Å². The summed E-state index contributed by atoms with van der Waals surface area (Å²) in [6.45, 7) is 8.40. The van der Waals surface area contributed by atoms with Crippen LogP contribution in [0.15, 0.2) is 11.6 Å². The first kappa shape index (κ1) is 15.1. The quantitative estimate of drug-likeness (QED) is 0.430. The Hall–Kier alpha value is -0.910. The molecular weight excluding hydrogens is 212 g/mol. The van der Waals surface area contributed by atoms with E-state index in [-0.39, 0.29) is 0 Å². The Morgan fingerprint density at radius 2 is 2.06 bits per heavy atom. The molecule has 94 valence electrons. The molecule has 0 radical (unpaired) electrons. The number of rotatable bonds is 6. The molecular formula is C11H20O5. The molecule has 1 unspecified atom stereocenters. The second kappa shape index (κ2) is 6.62. The van der Waals surface area contributed by atoms with Gasteiger partial charge in [-0.05, 0) is 39.7 Å². The van der Waals surface area contributed by atoms with Crippen LogP contribution in [0.25, 0.3) is 0 Å². The van der Waals surface area contributed by atoms with Crippen LogP contribution >= 0.6 is 0 Å². The molecule has 0 bridgehead atoms. The van der Waals surface area contributed by atoms with E-state index in [4.69, 9.17) is 4.89 Å². The van der Waals surface area contributed by atoms with Crippen LogP contribution in [0.5, 0.6) is 0 Å². The molecule has 16 heavy (non-hydrogen) atoms. The van der Waals surface area contributed by atoms with Gasteiger partial charge in [-0.2, -0.15) is 4.89 Å². The van der Waals surface area contributed by atoms with Gasteiger partial charge < -0.3 is 5.11 Å². The summed E-state index contributed by atoms with van der Waals surface area (Å²) in [5, 5.41) is 13.6. The van der Waals surface area contributed by atoms with Crippen molar-refractivity contribution in [3.63, 3.8) is 0 Å². The number of hydrogen-bond acceptors (Lipinski definition) is 5. The van der Waals surface area contributed by atoms with Crippen LogP contribution in [0.1, 0.15) is 41.0 Å². The molecule has 5 heteroatoms. The minimum atomic E-state index is -0.724. The number of carbonyl (C=O) groups is 1. The molecule has 0 aliphatic heterocycles. The van der Waals surface area contributed by atoms with E-state index in [0.29, 0.717) is 12.0 Å². The SMILES string of the molecule is CC=C(C)C(=O)OOOC(C)(C)CC(C)O. The summed E-state index contributed by atoms with van der Waals surface area (Å²) in [5.41, 5.74) is -0.296. The maximum absolute atomic E-state index is 11.1. The lowest BCUT2D eigenvalue weighted by Crippen LogP contribution is -2.29. The van der Waals surface area contributed by atoms with Crippen molar-refractivity contribution in [1.82, 2.24) is 0 Å². The van der Waals surface area contributed by atoms with Crippen LogP contribution in [0, 0.1) is 0 Å². The van der Waals surface area contributed by atoms with Crippen molar-refractivity contribution in [2.75, 3.05) is 0 Å². The van der Waals surface area contributed by atoms with Crippen molar-refractivity contribution in [2.24, 2.45) is 0 Å². The highest BCUT2D eigenvalue weighted by Gasteiger charge is 2.23. The molecule has 0 heterocycles. The van der Waals surface area contributed by atoms with E-state index in [0.717, 1.165) is 0 Å². The Labute approximate surface area is 95.9 Å². The van der Waals surface area contributed by atoms with Gasteiger partial charge in [0.05, 0.1) is 6.10 Å². The molecule has 0 aliphatic rings. The molecule has 0 spiro atoms. The standard InChI is InChI=1S/C11H20O5/c1-6-8(2)10(13)14-16-15-11(4,5)7-9(3)12/h6,9,12H,7H2,1-5H3. The molecule has 1 N–H and O–H groups in total. The van der Waals surface area contributed by atoms with E-state index < -0.39 is 17.7 Å². The fourth-order valence-corrected chi connectivity index (χ4v) is 1.07. The largest absolute Gasteiger partial charge is 0.393 e. The smallest absolute Gasteiger partial charge is 0.371 e. The highest BCUT2D eigenvalue weighted by Crippen LogP contribution is 2.17. The summed E-state index contributed by atoms with van der Waals surface area (Å²) in [6, 6.07) is 0. The minimum Gasteiger partial charge on any atom is -0.393 e. The van der Waals surface area contributed by atoms with Crippen LogP contribution in [-0.2, 0) is 19.6 Å². The van der Waals surface area contributed by atoms with Crippen molar-refractivity contribution >= 4 is 5.97 Å². The zero-order valence-electron chi connectivity index (χ0n) is 10.4. The summed E-state index contributed by atoms with van der Waals surface area (Å²) in [4.78, 5) is 20.4. The van der Waals surface area contributed by atoms with Crippen molar-refractivity contribution in [1.29, 1.82) is 0 Å². The monoisotopic (exact) mass is 232 g/mol. The second-order valence-corrected chi connectivity index (χ2v) is 4.31. The fourth-order valence-electron chi connectivity index (χ4n) is 1.07. The van der Waals surface area contributed by atoms with Gasteiger partial charge >= 0.3 is 5.97 Å². The highest BCUT2D eigenvalue weighted by molar-refractivity contribution is 5.87. The molecule has 0 amide bonds. The summed E-state index contributed by atoms with van der Waals surface area (Å²) >= 11 is 0. The Kier molecular flexibility index (Phi) is 6.25. The Balaban J connectivity index is 3.94. The van der Waals surface area contributed by atoms with Gasteiger partial charge in [-0.15, -0.1) is 0 Å². The third-order valence-electron chi connectivity index (χ3n) is 1.91. The van der Waals surface area contributed by atoms with Gasteiger partial charge in [-0.3, -0.25) is 4.89 Å². The lowest BCUT2D eigenvalue weighted by atomic mass is 10.0. The van der Waals surface area contributed by atoms with Gasteiger partial charge in [-0.1, -0.05) is 6.08 Å². The molecule has 0 saturated heterocycles. The van der Waals surface area contributed by atoms with Gasteiger partial charge in [0.15, 0.2) is 0 Å². The first-order valence-corrected chi connectivity index (χ1v) is 5.16. The molecule has 0 fully saturated rings. The average Bonchev–Trinajstić information content (AvgIpc) is 2.13. The second-order valence-electron chi connectivity index (χ2n) is 4.31. The van der Waals surface area contributed by atoms with Gasteiger partial charge in [0.1, 0.15) is 5.60 Å². The third kappa shape index (κ3) is 6.55. The highest BCUT2D eigenvalue weighted by atomic mass is 17.5. The van der Waals surface area contributed by atoms with Crippen molar-refractivity contribution in [2.45, 2.75) is 52.7 Å². The molecule has 5 nitrogen and oxygen atoms in total. The number of hydrogen-bond donors (Lipinski definition) is 1. The summed E-state index contributed by atoms with van der Waals surface area (Å²) in [6.07, 6.45) is 1.45. The number of aliphatic hydroxyl groups excluding tert-OH is 1. The first-order valence-electron chi connectivity index (χ1n) is 5.16. The van der Waals surface area contributed by atoms with Gasteiger partial charge in [0.2, 0.25) is 0 Å². The van der Waals surface area contributed by atoms with Gasteiger partial charge in [0, 0.05) is 12.0 Å². The van der Waals surface area contributed by atoms with Gasteiger partial charge in [0.25, 0.3) is 0 Å². The van der Waals surface area contributed by atoms with Crippen molar-refractivity contribution in [3.8, 4) is 0 Å². The molecule has 0 aromatic heterocycles. The predicted molar refractivity (Wildman–Crippen MR) is 58.1 cm³/mol. The summed E-state index contributed by atoms with van der Waals surface area (Å²) < 4.78 is 0. The molecule has 0 aromatic rings. The van der Waals surface area contributed by atoms with Crippen LogP contribution in [-0.4, -0.2) is 22.8 Å². The maximum atomic E-state index is 11.1. The Morgan fingerprint density at radius 3 is 2.50 bits per heavy atom. The van der Waals surface area contributed by atoms with Crippen molar-refractivity contribution < 1.29 is 24.7 Å². The zero-order valence-corrected chi connectivity index (χ0v) is 10.4. The molecule has 0 aromatic carbocycles. The molecule has 0 rings (SSSR count). The van der Waals surface area contributed by atoms with Gasteiger partial charge in [-0.25, -0.2) is 4.79 Å². The van der Waals surface area contributed by atoms with E-state index in [1.807, 2.05) is 0 Å². The van der Waals surface area contributed by atoms with Crippen molar-refractivity contribution in [3.05, 3.63) is 11.6 Å². The van der Waals surface area contributed by atoms with Crippen LogP contribution in [0.4, 0.5) is 0 Å². The Bertz CT molecular complexity index is 255.